The molecule has 104 valence electrons. The molecule has 0 aromatic heterocycles. The van der Waals surface area contributed by atoms with E-state index in [0.717, 1.165) is 23.8 Å². The number of hydrogen-bond donors (Lipinski definition) is 0. The van der Waals surface area contributed by atoms with Crippen molar-refractivity contribution < 1.29 is 4.79 Å². The van der Waals surface area contributed by atoms with E-state index in [0.29, 0.717) is 0 Å². The summed E-state index contributed by atoms with van der Waals surface area (Å²) < 4.78 is 0. The number of carbonyl (C=O) groups is 1. The Labute approximate surface area is 121 Å². The Morgan fingerprint density at radius 1 is 1.05 bits per heavy atom. The second-order valence-corrected chi connectivity index (χ2v) is 6.01. The fourth-order valence-electron chi connectivity index (χ4n) is 2.39. The van der Waals surface area contributed by atoms with Crippen LogP contribution in [0.2, 0.25) is 0 Å². The van der Waals surface area contributed by atoms with Gasteiger partial charge in [-0.15, -0.1) is 0 Å². The smallest absolute Gasteiger partial charge is 0.150 e. The summed E-state index contributed by atoms with van der Waals surface area (Å²) in [5.41, 5.74) is 5.85. The van der Waals surface area contributed by atoms with E-state index in [-0.39, 0.29) is 5.41 Å². The largest absolute Gasteiger partial charge is 0.298 e. The van der Waals surface area contributed by atoms with Crippen molar-refractivity contribution >= 4 is 6.29 Å². The lowest BCUT2D eigenvalue weighted by Gasteiger charge is -2.23. The van der Waals surface area contributed by atoms with Crippen molar-refractivity contribution in [2.24, 2.45) is 0 Å². The van der Waals surface area contributed by atoms with E-state index in [4.69, 9.17) is 0 Å². The van der Waals surface area contributed by atoms with Gasteiger partial charge in [0.15, 0.2) is 0 Å². The van der Waals surface area contributed by atoms with Gasteiger partial charge in [-0.3, -0.25) is 4.79 Å². The molecule has 0 heterocycles. The highest BCUT2D eigenvalue weighted by atomic mass is 16.1. The highest BCUT2D eigenvalue weighted by Gasteiger charge is 2.17. The minimum absolute atomic E-state index is 0.217. The maximum atomic E-state index is 10.8. The van der Waals surface area contributed by atoms with Gasteiger partial charge in [-0.25, -0.2) is 0 Å². The molecule has 0 saturated carbocycles. The SMILES string of the molecule is CCC(C)(C)c1ccc(-c2ccc(C=O)cc2C)cc1. The van der Waals surface area contributed by atoms with Crippen molar-refractivity contribution in [3.8, 4) is 11.1 Å². The van der Waals surface area contributed by atoms with Gasteiger partial charge in [-0.1, -0.05) is 57.2 Å². The Morgan fingerprint density at radius 3 is 2.20 bits per heavy atom. The fourth-order valence-corrected chi connectivity index (χ4v) is 2.39. The molecule has 0 saturated heterocycles. The predicted octanol–water partition coefficient (Wildman–Crippen LogP) is 5.16. The molecule has 1 heteroatoms. The number of rotatable bonds is 4. The van der Waals surface area contributed by atoms with Crippen LogP contribution in [0, 0.1) is 6.92 Å². The zero-order valence-electron chi connectivity index (χ0n) is 12.7. The van der Waals surface area contributed by atoms with Gasteiger partial charge in [0.1, 0.15) is 6.29 Å². The molecule has 0 fully saturated rings. The summed E-state index contributed by atoms with van der Waals surface area (Å²) in [6.07, 6.45) is 2.02. The maximum Gasteiger partial charge on any atom is 0.150 e. The molecule has 0 bridgehead atoms. The number of aryl methyl sites for hydroxylation is 1. The molecular weight excluding hydrogens is 244 g/mol. The van der Waals surface area contributed by atoms with E-state index in [2.05, 4.69) is 45.0 Å². The zero-order chi connectivity index (χ0) is 14.8. The highest BCUT2D eigenvalue weighted by Crippen LogP contribution is 2.30. The monoisotopic (exact) mass is 266 g/mol. The van der Waals surface area contributed by atoms with Crippen molar-refractivity contribution in [2.75, 3.05) is 0 Å². The molecule has 0 atom stereocenters. The van der Waals surface area contributed by atoms with E-state index < -0.39 is 0 Å². The summed E-state index contributed by atoms with van der Waals surface area (Å²) in [4.78, 5) is 10.8. The minimum atomic E-state index is 0.217. The first kappa shape index (κ1) is 14.5. The molecule has 0 aliphatic carbocycles. The topological polar surface area (TPSA) is 17.1 Å². The molecule has 1 nitrogen and oxygen atoms in total. The third kappa shape index (κ3) is 2.82. The third-order valence-electron chi connectivity index (χ3n) is 4.25. The Morgan fingerprint density at radius 2 is 1.70 bits per heavy atom. The summed E-state index contributed by atoms with van der Waals surface area (Å²) in [5.74, 6) is 0. The van der Waals surface area contributed by atoms with E-state index in [1.54, 1.807) is 0 Å². The molecule has 0 unspecified atom stereocenters. The summed E-state index contributed by atoms with van der Waals surface area (Å²) in [6.45, 7) is 8.81. The average molecular weight is 266 g/mol. The van der Waals surface area contributed by atoms with Gasteiger partial charge < -0.3 is 0 Å². The fraction of sp³-hybridized carbons (Fsp3) is 0.316. The Balaban J connectivity index is 2.38. The maximum absolute atomic E-state index is 10.8. The molecule has 20 heavy (non-hydrogen) atoms. The van der Waals surface area contributed by atoms with Crippen LogP contribution in [0.5, 0.6) is 0 Å². The second kappa shape index (κ2) is 5.62. The third-order valence-corrected chi connectivity index (χ3v) is 4.25. The van der Waals surface area contributed by atoms with Gasteiger partial charge in [-0.2, -0.15) is 0 Å². The highest BCUT2D eigenvalue weighted by molar-refractivity contribution is 5.78. The van der Waals surface area contributed by atoms with E-state index >= 15 is 0 Å². The minimum Gasteiger partial charge on any atom is -0.298 e. The first-order valence-electron chi connectivity index (χ1n) is 7.14. The van der Waals surface area contributed by atoms with Gasteiger partial charge >= 0.3 is 0 Å². The van der Waals surface area contributed by atoms with E-state index in [1.807, 2.05) is 25.1 Å². The number of carbonyl (C=O) groups excluding carboxylic acids is 1. The molecule has 0 spiro atoms. The van der Waals surface area contributed by atoms with Crippen LogP contribution < -0.4 is 0 Å². The standard InChI is InChI=1S/C19H22O/c1-5-19(3,4)17-9-7-16(8-10-17)18-11-6-15(13-20)12-14(18)2/h6-13H,5H2,1-4H3. The van der Waals surface area contributed by atoms with Crippen molar-refractivity contribution in [1.29, 1.82) is 0 Å². The number of hydrogen-bond acceptors (Lipinski definition) is 1. The number of benzene rings is 2. The van der Waals surface area contributed by atoms with Crippen molar-refractivity contribution in [1.82, 2.24) is 0 Å². The van der Waals surface area contributed by atoms with Crippen LogP contribution in [0.1, 0.15) is 48.7 Å². The van der Waals surface area contributed by atoms with E-state index in [9.17, 15) is 4.79 Å². The quantitative estimate of drug-likeness (QED) is 0.698. The predicted molar refractivity (Wildman–Crippen MR) is 85.3 cm³/mol. The van der Waals surface area contributed by atoms with E-state index in [1.165, 1.54) is 16.7 Å². The lowest BCUT2D eigenvalue weighted by Crippen LogP contribution is -2.14. The van der Waals surface area contributed by atoms with Crippen LogP contribution in [0.15, 0.2) is 42.5 Å². The van der Waals surface area contributed by atoms with Crippen LogP contribution in [-0.4, -0.2) is 6.29 Å². The van der Waals surface area contributed by atoms with Crippen LogP contribution in [-0.2, 0) is 5.41 Å². The van der Waals surface area contributed by atoms with Gasteiger partial charge in [0.25, 0.3) is 0 Å². The Kier molecular flexibility index (Phi) is 4.08. The van der Waals surface area contributed by atoms with Crippen LogP contribution in [0.3, 0.4) is 0 Å². The molecule has 2 rings (SSSR count). The summed E-state index contributed by atoms with van der Waals surface area (Å²) in [7, 11) is 0. The van der Waals surface area contributed by atoms with Crippen LogP contribution in [0.4, 0.5) is 0 Å². The molecule has 2 aromatic carbocycles. The summed E-state index contributed by atoms with van der Waals surface area (Å²) in [6, 6.07) is 14.6. The van der Waals surface area contributed by atoms with Gasteiger partial charge in [0.2, 0.25) is 0 Å². The Bertz CT molecular complexity index is 606. The molecule has 0 aliphatic rings. The summed E-state index contributed by atoms with van der Waals surface area (Å²) in [5, 5.41) is 0. The molecule has 0 amide bonds. The van der Waals surface area contributed by atoms with Gasteiger partial charge in [-0.05, 0) is 47.1 Å². The van der Waals surface area contributed by atoms with Gasteiger partial charge in [0, 0.05) is 5.56 Å². The normalized spacial score (nSPS) is 11.4. The second-order valence-electron chi connectivity index (χ2n) is 6.01. The molecule has 0 aliphatic heterocycles. The Hall–Kier alpha value is -1.89. The molecule has 2 aromatic rings. The number of aldehydes is 1. The van der Waals surface area contributed by atoms with Crippen molar-refractivity contribution in [2.45, 2.75) is 39.5 Å². The van der Waals surface area contributed by atoms with Crippen LogP contribution >= 0.6 is 0 Å². The van der Waals surface area contributed by atoms with Crippen LogP contribution in [0.25, 0.3) is 11.1 Å². The lowest BCUT2D eigenvalue weighted by molar-refractivity contribution is 0.112. The molecular formula is C19H22O. The molecule has 0 radical (unpaired) electrons. The molecule has 0 N–H and O–H groups in total. The van der Waals surface area contributed by atoms with Crippen molar-refractivity contribution in [3.05, 3.63) is 59.2 Å². The average Bonchev–Trinajstić information content (AvgIpc) is 2.47. The van der Waals surface area contributed by atoms with Crippen molar-refractivity contribution in [3.63, 3.8) is 0 Å². The first-order valence-corrected chi connectivity index (χ1v) is 7.14. The zero-order valence-corrected chi connectivity index (χ0v) is 12.7. The first-order chi connectivity index (χ1) is 9.47. The summed E-state index contributed by atoms with van der Waals surface area (Å²) >= 11 is 0. The van der Waals surface area contributed by atoms with Gasteiger partial charge in [0.05, 0.1) is 0 Å². The lowest BCUT2D eigenvalue weighted by atomic mass is 9.81.